The third-order valence-corrected chi connectivity index (χ3v) is 3.01. The first-order valence-electron chi connectivity index (χ1n) is 6.90. The topological polar surface area (TPSA) is 50.7 Å². The van der Waals surface area contributed by atoms with Crippen molar-refractivity contribution in [2.75, 3.05) is 20.3 Å². The molecule has 1 unspecified atom stereocenters. The largest absolute Gasteiger partial charge is 0.493 e. The summed E-state index contributed by atoms with van der Waals surface area (Å²) in [5.74, 6) is 1.56. The molecule has 0 aliphatic heterocycles. The molecule has 1 aromatic rings. The van der Waals surface area contributed by atoms with Crippen LogP contribution in [0.15, 0.2) is 18.2 Å². The fourth-order valence-corrected chi connectivity index (χ4v) is 1.90. The van der Waals surface area contributed by atoms with Crippen molar-refractivity contribution >= 4 is 0 Å². The van der Waals surface area contributed by atoms with Crippen LogP contribution < -0.4 is 14.8 Å². The number of benzene rings is 1. The van der Waals surface area contributed by atoms with E-state index in [0.29, 0.717) is 13.2 Å². The van der Waals surface area contributed by atoms with E-state index >= 15 is 0 Å². The van der Waals surface area contributed by atoms with Crippen LogP contribution >= 0.6 is 0 Å². The first kappa shape index (κ1) is 15.8. The second-order valence-electron chi connectivity index (χ2n) is 4.41. The second kappa shape index (κ2) is 8.77. The maximum Gasteiger partial charge on any atom is 0.165 e. The highest BCUT2D eigenvalue weighted by atomic mass is 16.5. The molecule has 0 bridgehead atoms. The van der Waals surface area contributed by atoms with Crippen LogP contribution in [-0.2, 0) is 6.54 Å². The minimum absolute atomic E-state index is 0.218. The maximum atomic E-state index is 9.49. The lowest BCUT2D eigenvalue weighted by Crippen LogP contribution is -2.20. The molecule has 0 radical (unpaired) electrons. The van der Waals surface area contributed by atoms with Crippen LogP contribution in [0.2, 0.25) is 0 Å². The van der Waals surface area contributed by atoms with Gasteiger partial charge < -0.3 is 19.9 Å². The predicted octanol–water partition coefficient (Wildman–Crippen LogP) is 2.34. The van der Waals surface area contributed by atoms with Crippen molar-refractivity contribution < 1.29 is 14.6 Å². The average Bonchev–Trinajstić information content (AvgIpc) is 2.43. The number of methoxy groups -OCH3 is 1. The number of hydrogen-bond donors (Lipinski definition) is 2. The van der Waals surface area contributed by atoms with Gasteiger partial charge in [0, 0.05) is 12.1 Å². The Morgan fingerprint density at radius 2 is 2.11 bits per heavy atom. The van der Waals surface area contributed by atoms with Gasteiger partial charge in [-0.05, 0) is 32.4 Å². The van der Waals surface area contributed by atoms with E-state index in [9.17, 15) is 5.11 Å². The first-order valence-corrected chi connectivity index (χ1v) is 6.90. The molecule has 0 spiro atoms. The minimum Gasteiger partial charge on any atom is -0.493 e. The van der Waals surface area contributed by atoms with Crippen LogP contribution in [0, 0.1) is 0 Å². The molecular weight excluding hydrogens is 242 g/mol. The number of aliphatic hydroxyl groups excluding tert-OH is 1. The standard InChI is InChI=1S/C15H25NO3/c1-4-13(17)9-10-16-11-12-7-6-8-14(19-5-2)15(12)18-3/h6-8,13,16-17H,4-5,9-11H2,1-3H3. The smallest absolute Gasteiger partial charge is 0.165 e. The van der Waals surface area contributed by atoms with Crippen LogP contribution in [0.3, 0.4) is 0 Å². The summed E-state index contributed by atoms with van der Waals surface area (Å²) in [7, 11) is 1.65. The molecule has 0 fully saturated rings. The molecule has 0 saturated carbocycles. The van der Waals surface area contributed by atoms with Gasteiger partial charge in [0.2, 0.25) is 0 Å². The molecule has 19 heavy (non-hydrogen) atoms. The molecule has 2 N–H and O–H groups in total. The molecule has 0 amide bonds. The van der Waals surface area contributed by atoms with Gasteiger partial charge >= 0.3 is 0 Å². The molecule has 1 rings (SSSR count). The van der Waals surface area contributed by atoms with E-state index in [0.717, 1.165) is 36.4 Å². The van der Waals surface area contributed by atoms with Crippen molar-refractivity contribution in [3.63, 3.8) is 0 Å². The minimum atomic E-state index is -0.218. The Labute approximate surface area is 115 Å². The lowest BCUT2D eigenvalue weighted by atomic mass is 10.1. The SMILES string of the molecule is CCOc1cccc(CNCCC(O)CC)c1OC. The Hall–Kier alpha value is -1.26. The zero-order valence-corrected chi connectivity index (χ0v) is 12.1. The van der Waals surface area contributed by atoms with Crippen LogP contribution in [0.5, 0.6) is 11.5 Å². The monoisotopic (exact) mass is 267 g/mol. The van der Waals surface area contributed by atoms with E-state index in [1.54, 1.807) is 7.11 Å². The Bertz CT molecular complexity index is 368. The molecule has 0 aliphatic carbocycles. The van der Waals surface area contributed by atoms with Crippen molar-refractivity contribution in [2.24, 2.45) is 0 Å². The number of hydrogen-bond acceptors (Lipinski definition) is 4. The molecule has 0 saturated heterocycles. The third-order valence-electron chi connectivity index (χ3n) is 3.01. The van der Waals surface area contributed by atoms with Gasteiger partial charge in [-0.1, -0.05) is 19.1 Å². The quantitative estimate of drug-likeness (QED) is 0.674. The van der Waals surface area contributed by atoms with Crippen molar-refractivity contribution in [1.29, 1.82) is 0 Å². The molecule has 0 aliphatic rings. The van der Waals surface area contributed by atoms with E-state index < -0.39 is 0 Å². The van der Waals surface area contributed by atoms with Gasteiger partial charge in [-0.25, -0.2) is 0 Å². The zero-order chi connectivity index (χ0) is 14.1. The molecule has 1 atom stereocenters. The van der Waals surface area contributed by atoms with Crippen LogP contribution in [-0.4, -0.2) is 31.5 Å². The highest BCUT2D eigenvalue weighted by Gasteiger charge is 2.09. The summed E-state index contributed by atoms with van der Waals surface area (Å²) >= 11 is 0. The summed E-state index contributed by atoms with van der Waals surface area (Å²) in [6.07, 6.45) is 1.35. The van der Waals surface area contributed by atoms with Crippen molar-refractivity contribution in [3.8, 4) is 11.5 Å². The van der Waals surface area contributed by atoms with E-state index in [-0.39, 0.29) is 6.10 Å². The van der Waals surface area contributed by atoms with Crippen molar-refractivity contribution in [1.82, 2.24) is 5.32 Å². The zero-order valence-electron chi connectivity index (χ0n) is 12.1. The molecular formula is C15H25NO3. The fraction of sp³-hybridized carbons (Fsp3) is 0.600. The number of nitrogens with one attached hydrogen (secondary N) is 1. The summed E-state index contributed by atoms with van der Waals surface area (Å²) in [5, 5.41) is 12.8. The average molecular weight is 267 g/mol. The number of para-hydroxylation sites is 1. The summed E-state index contributed by atoms with van der Waals surface area (Å²) in [6.45, 7) is 6.06. The van der Waals surface area contributed by atoms with Crippen LogP contribution in [0.1, 0.15) is 32.3 Å². The summed E-state index contributed by atoms with van der Waals surface area (Å²) in [4.78, 5) is 0. The van der Waals surface area contributed by atoms with E-state index in [1.807, 2.05) is 32.0 Å². The lowest BCUT2D eigenvalue weighted by molar-refractivity contribution is 0.159. The predicted molar refractivity (Wildman–Crippen MR) is 76.8 cm³/mol. The van der Waals surface area contributed by atoms with E-state index in [2.05, 4.69) is 5.32 Å². The van der Waals surface area contributed by atoms with E-state index in [1.165, 1.54) is 0 Å². The summed E-state index contributed by atoms with van der Waals surface area (Å²) < 4.78 is 11.0. The highest BCUT2D eigenvalue weighted by molar-refractivity contribution is 5.46. The van der Waals surface area contributed by atoms with Gasteiger partial charge in [0.25, 0.3) is 0 Å². The van der Waals surface area contributed by atoms with Gasteiger partial charge in [-0.15, -0.1) is 0 Å². The number of ether oxygens (including phenoxy) is 2. The molecule has 4 nitrogen and oxygen atoms in total. The maximum absolute atomic E-state index is 9.49. The lowest BCUT2D eigenvalue weighted by Gasteiger charge is -2.14. The second-order valence-corrected chi connectivity index (χ2v) is 4.41. The summed E-state index contributed by atoms with van der Waals surface area (Å²) in [6, 6.07) is 5.89. The Balaban J connectivity index is 2.55. The Kier molecular flexibility index (Phi) is 7.30. The normalized spacial score (nSPS) is 12.2. The Morgan fingerprint density at radius 1 is 1.32 bits per heavy atom. The van der Waals surface area contributed by atoms with Gasteiger partial charge in [0.05, 0.1) is 19.8 Å². The number of rotatable bonds is 9. The van der Waals surface area contributed by atoms with E-state index in [4.69, 9.17) is 9.47 Å². The molecule has 4 heteroatoms. The molecule has 0 aromatic heterocycles. The Morgan fingerprint density at radius 3 is 2.74 bits per heavy atom. The molecule has 1 aromatic carbocycles. The summed E-state index contributed by atoms with van der Waals surface area (Å²) in [5.41, 5.74) is 1.07. The highest BCUT2D eigenvalue weighted by Crippen LogP contribution is 2.30. The van der Waals surface area contributed by atoms with Crippen molar-refractivity contribution in [2.45, 2.75) is 39.3 Å². The van der Waals surface area contributed by atoms with Gasteiger partial charge in [0.1, 0.15) is 0 Å². The van der Waals surface area contributed by atoms with Crippen molar-refractivity contribution in [3.05, 3.63) is 23.8 Å². The van der Waals surface area contributed by atoms with Gasteiger partial charge in [-0.3, -0.25) is 0 Å². The van der Waals surface area contributed by atoms with Gasteiger partial charge in [0.15, 0.2) is 11.5 Å². The van der Waals surface area contributed by atoms with Gasteiger partial charge in [-0.2, -0.15) is 0 Å². The third kappa shape index (κ3) is 5.09. The number of aliphatic hydroxyl groups is 1. The van der Waals surface area contributed by atoms with Crippen LogP contribution in [0.25, 0.3) is 0 Å². The first-order chi connectivity index (χ1) is 9.22. The fourth-order valence-electron chi connectivity index (χ4n) is 1.90. The molecule has 0 heterocycles. The van der Waals surface area contributed by atoms with Crippen LogP contribution in [0.4, 0.5) is 0 Å². The molecule has 108 valence electrons.